The summed E-state index contributed by atoms with van der Waals surface area (Å²) in [6.45, 7) is 0. The molecule has 0 aliphatic heterocycles. The molecule has 0 aliphatic rings. The van der Waals surface area contributed by atoms with Crippen LogP contribution in [0.4, 0.5) is 0 Å². The van der Waals surface area contributed by atoms with E-state index >= 15 is 0 Å². The molecule has 5 heavy (non-hydrogen) atoms. The molecule has 0 radical (unpaired) electrons. The van der Waals surface area contributed by atoms with Gasteiger partial charge in [-0.15, -0.1) is 0 Å². The Morgan fingerprint density at radius 1 is 1.60 bits per heavy atom. The Kier molecular flexibility index (Phi) is 2.30. The molecule has 0 amide bonds. The molecule has 0 aromatic rings. The van der Waals surface area contributed by atoms with E-state index < -0.39 is 3.86 Å². The van der Waals surface area contributed by atoms with Gasteiger partial charge in [-0.25, -0.2) is 0 Å². The summed E-state index contributed by atoms with van der Waals surface area (Å²) in [5.74, 6) is 0. The molecule has 0 atom stereocenters. The number of rotatable bonds is 0. The summed E-state index contributed by atoms with van der Waals surface area (Å²) in [7, 11) is 0. The maximum atomic E-state index is 9.25. The third-order valence-corrected chi connectivity index (χ3v) is 0. The van der Waals surface area contributed by atoms with Crippen LogP contribution in [-0.4, -0.2) is 13.0 Å². The van der Waals surface area contributed by atoms with Gasteiger partial charge < -0.3 is 0 Å². The summed E-state index contributed by atoms with van der Waals surface area (Å²) >= 11 is -0.164. The van der Waals surface area contributed by atoms with Crippen LogP contribution in [0.1, 0.15) is 0 Å². The van der Waals surface area contributed by atoms with Crippen molar-refractivity contribution >= 4 is 3.86 Å². The summed E-state index contributed by atoms with van der Waals surface area (Å²) in [5, 5.41) is 0. The molecule has 0 rings (SSSR count). The molecule has 0 heterocycles. The predicted octanol–water partition coefficient (Wildman–Crippen LogP) is -0.661. The second-order valence-corrected chi connectivity index (χ2v) is 6.29. The van der Waals surface area contributed by atoms with Crippen molar-refractivity contribution in [3.8, 4) is 0 Å². The molecule has 0 unspecified atom stereocenters. The Balaban J connectivity index is 4.06. The van der Waals surface area contributed by atoms with E-state index in [9.17, 15) is 8.42 Å². The Morgan fingerprint density at radius 3 is 1.60 bits per heavy atom. The first-order chi connectivity index (χ1) is 2.00. The van der Waals surface area contributed by atoms with Crippen molar-refractivity contribution in [3.05, 3.63) is 0 Å². The van der Waals surface area contributed by atoms with Crippen LogP contribution in [0, 0.1) is 37.7 Å². The van der Waals surface area contributed by atoms with E-state index in [2.05, 4.69) is 0 Å². The molecule has 0 aromatic carbocycles. The summed E-state index contributed by atoms with van der Waals surface area (Å²) in [4.78, 5) is 0. The van der Waals surface area contributed by atoms with Crippen molar-refractivity contribution in [2.45, 2.75) is 0 Å². The molecule has 5 heteroatoms. The molecular formula is HCeO3S. The molecule has 3 nitrogen and oxygen atoms in total. The molecule has 0 fully saturated rings. The van der Waals surface area contributed by atoms with Gasteiger partial charge in [0.1, 0.15) is 0 Å². The van der Waals surface area contributed by atoms with Crippen LogP contribution in [0.5, 0.6) is 0 Å². The zero-order chi connectivity index (χ0) is 4.50. The third kappa shape index (κ3) is 34.5. The van der Waals surface area contributed by atoms with Gasteiger partial charge in [0.05, 0.1) is 0 Å². The Labute approximate surface area is 53.7 Å². The van der Waals surface area contributed by atoms with Crippen LogP contribution in [0.2, 0.25) is 0 Å². The fourth-order valence-electron chi connectivity index (χ4n) is 0. The molecule has 1 N–H and O–H groups in total. The Morgan fingerprint density at radius 2 is 1.60 bits per heavy atom. The van der Waals surface area contributed by atoms with E-state index in [-0.39, 0.29) is 37.7 Å². The van der Waals surface area contributed by atoms with Crippen LogP contribution in [-0.2, 0) is 3.86 Å². The first kappa shape index (κ1) is 6.29. The SMILES string of the molecule is O=[S](=O)(O)[Ce]. The van der Waals surface area contributed by atoms with Crippen molar-refractivity contribution in [3.63, 3.8) is 0 Å². The van der Waals surface area contributed by atoms with Gasteiger partial charge in [-0.3, -0.25) is 0 Å². The summed E-state index contributed by atoms with van der Waals surface area (Å²) in [5.41, 5.74) is 0. The average molecular weight is 221 g/mol. The molecule has 0 aliphatic carbocycles. The van der Waals surface area contributed by atoms with Gasteiger partial charge in [-0.05, 0) is 0 Å². The van der Waals surface area contributed by atoms with E-state index in [0.29, 0.717) is 0 Å². The second-order valence-electron chi connectivity index (χ2n) is 0.475. The molecule has 0 aromatic heterocycles. The fourth-order valence-corrected chi connectivity index (χ4v) is 0. The third-order valence-electron chi connectivity index (χ3n) is 0. The van der Waals surface area contributed by atoms with Crippen LogP contribution >= 0.6 is 0 Å². The van der Waals surface area contributed by atoms with Gasteiger partial charge in [0.25, 0.3) is 0 Å². The van der Waals surface area contributed by atoms with E-state index in [1.807, 2.05) is 0 Å². The van der Waals surface area contributed by atoms with E-state index in [1.165, 1.54) is 0 Å². The van der Waals surface area contributed by atoms with Crippen molar-refractivity contribution in [1.29, 1.82) is 0 Å². The van der Waals surface area contributed by atoms with Crippen LogP contribution < -0.4 is 0 Å². The van der Waals surface area contributed by atoms with Gasteiger partial charge in [0, 0.05) is 0 Å². The second kappa shape index (κ2) is 1.83. The van der Waals surface area contributed by atoms with Crippen molar-refractivity contribution in [1.82, 2.24) is 0 Å². The maximum absolute atomic E-state index is 9.25. The normalized spacial score (nSPS) is 11.2. The first-order valence-electron chi connectivity index (χ1n) is 0.720. The van der Waals surface area contributed by atoms with Gasteiger partial charge in [0.2, 0.25) is 0 Å². The molecule has 0 saturated carbocycles. The van der Waals surface area contributed by atoms with Crippen molar-refractivity contribution in [2.24, 2.45) is 0 Å². The first-order valence-corrected chi connectivity index (χ1v) is 6.01. The van der Waals surface area contributed by atoms with Crippen LogP contribution in [0.25, 0.3) is 0 Å². The van der Waals surface area contributed by atoms with E-state index in [4.69, 9.17) is 4.55 Å². The van der Waals surface area contributed by atoms with Crippen molar-refractivity contribution in [2.75, 3.05) is 0 Å². The molecule has 0 spiro atoms. The summed E-state index contributed by atoms with van der Waals surface area (Å²) in [6, 6.07) is 0. The minimum absolute atomic E-state index is 0.164. The van der Waals surface area contributed by atoms with E-state index in [1.54, 1.807) is 0 Å². The summed E-state index contributed by atoms with van der Waals surface area (Å²) in [6.07, 6.45) is 0. The van der Waals surface area contributed by atoms with Gasteiger partial charge in [0.15, 0.2) is 0 Å². The zero-order valence-electron chi connectivity index (χ0n) is 2.17. The van der Waals surface area contributed by atoms with Gasteiger partial charge in [-0.1, -0.05) is 0 Å². The predicted molar refractivity (Wildman–Crippen MR) is 11.5 cm³/mol. The van der Waals surface area contributed by atoms with Gasteiger partial charge in [-0.2, -0.15) is 0 Å². The number of hydrogen-bond donors (Lipinski definition) is 1. The minimum atomic E-state index is -3.53. The standard InChI is InChI=1S/Ce.HO3S/c;1-4(2)3/h;(H,1,2,3). The molecule has 0 bridgehead atoms. The number of hydrogen-bond acceptors (Lipinski definition) is 2. The van der Waals surface area contributed by atoms with Gasteiger partial charge >= 0.3 is 54.5 Å². The molecular weight excluding hydrogens is 220 g/mol. The topological polar surface area (TPSA) is 54.4 Å². The Hall–Kier alpha value is 1.29. The quantitative estimate of drug-likeness (QED) is 0.552. The van der Waals surface area contributed by atoms with Crippen molar-refractivity contribution < 1.29 is 50.7 Å². The van der Waals surface area contributed by atoms with Crippen LogP contribution in [0.3, 0.4) is 0 Å². The summed E-state index contributed by atoms with van der Waals surface area (Å²) < 4.78 is 22.5. The van der Waals surface area contributed by atoms with Crippen LogP contribution in [0.15, 0.2) is 0 Å². The Bertz CT molecular complexity index is 90.1. The fraction of sp³-hybridized carbons (Fsp3) is 0. The molecule has 0 saturated heterocycles. The average Bonchev–Trinajstić information content (AvgIpc) is 0.722. The zero-order valence-corrected chi connectivity index (χ0v) is 6.13. The molecule has 29 valence electrons. The van der Waals surface area contributed by atoms with E-state index in [0.717, 1.165) is 0 Å². The monoisotopic (exact) mass is 221 g/mol.